The SMILES string of the molecule is CC(CNC1CC1)C(C)Cc1c(F)ccc(Br)c1F. The van der Waals surface area contributed by atoms with E-state index in [0.29, 0.717) is 22.9 Å². The zero-order valence-corrected chi connectivity index (χ0v) is 12.9. The Balaban J connectivity index is 1.96. The molecule has 2 atom stereocenters. The van der Waals surface area contributed by atoms with Gasteiger partial charge in [-0.3, -0.25) is 0 Å². The maximum Gasteiger partial charge on any atom is 0.143 e. The van der Waals surface area contributed by atoms with Crippen LogP contribution in [0.3, 0.4) is 0 Å². The van der Waals surface area contributed by atoms with Gasteiger partial charge in [0, 0.05) is 11.6 Å². The summed E-state index contributed by atoms with van der Waals surface area (Å²) in [6.45, 7) is 5.11. The largest absolute Gasteiger partial charge is 0.314 e. The average molecular weight is 332 g/mol. The molecule has 0 heterocycles. The van der Waals surface area contributed by atoms with E-state index in [1.807, 2.05) is 0 Å². The maximum absolute atomic E-state index is 13.9. The van der Waals surface area contributed by atoms with Gasteiger partial charge >= 0.3 is 0 Å². The number of nitrogens with one attached hydrogen (secondary N) is 1. The number of hydrogen-bond acceptors (Lipinski definition) is 1. The highest BCUT2D eigenvalue weighted by Gasteiger charge is 2.23. The average Bonchev–Trinajstić information content (AvgIpc) is 3.20. The Morgan fingerprint density at radius 1 is 1.26 bits per heavy atom. The molecule has 1 N–H and O–H groups in total. The summed E-state index contributed by atoms with van der Waals surface area (Å²) in [4.78, 5) is 0. The van der Waals surface area contributed by atoms with E-state index >= 15 is 0 Å². The van der Waals surface area contributed by atoms with Crippen molar-refractivity contribution in [2.24, 2.45) is 11.8 Å². The minimum atomic E-state index is -0.464. The van der Waals surface area contributed by atoms with Crippen LogP contribution in [-0.2, 0) is 6.42 Å². The van der Waals surface area contributed by atoms with Crippen molar-refractivity contribution in [3.63, 3.8) is 0 Å². The molecule has 0 aromatic heterocycles. The van der Waals surface area contributed by atoms with Gasteiger partial charge in [0.25, 0.3) is 0 Å². The van der Waals surface area contributed by atoms with Gasteiger partial charge in [0.15, 0.2) is 0 Å². The van der Waals surface area contributed by atoms with Crippen LogP contribution >= 0.6 is 15.9 Å². The first-order valence-corrected chi connectivity index (χ1v) is 7.64. The van der Waals surface area contributed by atoms with Crippen molar-refractivity contribution in [2.75, 3.05) is 6.54 Å². The minimum absolute atomic E-state index is 0.195. The first-order chi connectivity index (χ1) is 8.99. The third kappa shape index (κ3) is 3.99. The Morgan fingerprint density at radius 2 is 1.95 bits per heavy atom. The monoisotopic (exact) mass is 331 g/mol. The van der Waals surface area contributed by atoms with Crippen molar-refractivity contribution >= 4 is 15.9 Å². The van der Waals surface area contributed by atoms with Crippen LogP contribution in [0, 0.1) is 23.5 Å². The molecule has 19 heavy (non-hydrogen) atoms. The molecule has 4 heteroatoms. The quantitative estimate of drug-likeness (QED) is 0.766. The van der Waals surface area contributed by atoms with E-state index in [1.165, 1.54) is 25.0 Å². The van der Waals surface area contributed by atoms with Gasteiger partial charge in [-0.05, 0) is 65.7 Å². The first-order valence-electron chi connectivity index (χ1n) is 6.84. The summed E-state index contributed by atoms with van der Waals surface area (Å²) in [6, 6.07) is 3.41. The zero-order valence-electron chi connectivity index (χ0n) is 11.3. The number of benzene rings is 1. The standard InChI is InChI=1S/C15H20BrF2N/c1-9(10(2)8-19-11-3-4-11)7-12-14(17)6-5-13(16)15(12)18/h5-6,9-11,19H,3-4,7-8H2,1-2H3. The highest BCUT2D eigenvalue weighted by atomic mass is 79.9. The molecule has 0 radical (unpaired) electrons. The third-order valence-corrected chi connectivity index (χ3v) is 4.55. The maximum atomic E-state index is 13.9. The highest BCUT2D eigenvalue weighted by Crippen LogP contribution is 2.26. The van der Waals surface area contributed by atoms with Gasteiger partial charge in [0.2, 0.25) is 0 Å². The molecule has 1 saturated carbocycles. The lowest BCUT2D eigenvalue weighted by atomic mass is 9.89. The minimum Gasteiger partial charge on any atom is -0.314 e. The molecule has 2 rings (SSSR count). The van der Waals surface area contributed by atoms with E-state index in [0.717, 1.165) is 6.54 Å². The fourth-order valence-electron chi connectivity index (χ4n) is 2.12. The molecule has 2 unspecified atom stereocenters. The second kappa shape index (κ2) is 6.31. The summed E-state index contributed by atoms with van der Waals surface area (Å²) in [7, 11) is 0. The van der Waals surface area contributed by atoms with Crippen LogP contribution in [0.4, 0.5) is 8.78 Å². The van der Waals surface area contributed by atoms with Crippen molar-refractivity contribution in [2.45, 2.75) is 39.2 Å². The lowest BCUT2D eigenvalue weighted by molar-refractivity contribution is 0.355. The molecular formula is C15H20BrF2N. The molecule has 0 amide bonds. The van der Waals surface area contributed by atoms with Gasteiger partial charge in [0.05, 0.1) is 4.47 Å². The van der Waals surface area contributed by atoms with Crippen LogP contribution in [0.15, 0.2) is 16.6 Å². The molecule has 1 aromatic rings. The predicted molar refractivity (Wildman–Crippen MR) is 77.1 cm³/mol. The van der Waals surface area contributed by atoms with Gasteiger partial charge in [-0.2, -0.15) is 0 Å². The van der Waals surface area contributed by atoms with Gasteiger partial charge in [0.1, 0.15) is 11.6 Å². The smallest absolute Gasteiger partial charge is 0.143 e. The van der Waals surface area contributed by atoms with E-state index in [2.05, 4.69) is 35.1 Å². The molecule has 106 valence electrons. The van der Waals surface area contributed by atoms with Crippen LogP contribution in [-0.4, -0.2) is 12.6 Å². The lowest BCUT2D eigenvalue weighted by Gasteiger charge is -2.21. The van der Waals surface area contributed by atoms with Gasteiger partial charge < -0.3 is 5.32 Å². The molecule has 1 aliphatic carbocycles. The van der Waals surface area contributed by atoms with E-state index < -0.39 is 11.6 Å². The summed E-state index contributed by atoms with van der Waals surface area (Å²) in [5, 5.41) is 3.47. The van der Waals surface area contributed by atoms with Gasteiger partial charge in [-0.15, -0.1) is 0 Å². The van der Waals surface area contributed by atoms with E-state index in [9.17, 15) is 8.78 Å². The summed E-state index contributed by atoms with van der Waals surface area (Å²) in [5.74, 6) is -0.271. The Kier molecular flexibility index (Phi) is 4.96. The molecule has 1 nitrogen and oxygen atoms in total. The third-order valence-electron chi connectivity index (χ3n) is 3.94. The molecule has 0 spiro atoms. The van der Waals surface area contributed by atoms with Gasteiger partial charge in [-0.25, -0.2) is 8.78 Å². The van der Waals surface area contributed by atoms with Crippen molar-refractivity contribution in [1.29, 1.82) is 0 Å². The Morgan fingerprint density at radius 3 is 2.58 bits per heavy atom. The van der Waals surface area contributed by atoms with Crippen LogP contribution in [0.25, 0.3) is 0 Å². The van der Waals surface area contributed by atoms with E-state index in [4.69, 9.17) is 0 Å². The number of halogens is 3. The highest BCUT2D eigenvalue weighted by molar-refractivity contribution is 9.10. The predicted octanol–water partition coefficient (Wildman–Crippen LogP) is 4.29. The molecular weight excluding hydrogens is 312 g/mol. The van der Waals surface area contributed by atoms with Crippen molar-refractivity contribution in [1.82, 2.24) is 5.32 Å². The Bertz CT molecular complexity index is 446. The molecule has 1 fully saturated rings. The molecule has 1 aliphatic rings. The molecule has 0 aliphatic heterocycles. The first kappa shape index (κ1) is 14.9. The summed E-state index contributed by atoms with van der Waals surface area (Å²) in [6.07, 6.45) is 2.95. The van der Waals surface area contributed by atoms with Crippen LogP contribution in [0.1, 0.15) is 32.3 Å². The van der Waals surface area contributed by atoms with Crippen LogP contribution in [0.5, 0.6) is 0 Å². The second-order valence-electron chi connectivity index (χ2n) is 5.66. The van der Waals surface area contributed by atoms with Gasteiger partial charge in [-0.1, -0.05) is 13.8 Å². The Hall–Kier alpha value is -0.480. The summed E-state index contributed by atoms with van der Waals surface area (Å²) < 4.78 is 27.9. The molecule has 1 aromatic carbocycles. The molecule has 0 saturated heterocycles. The van der Waals surface area contributed by atoms with E-state index in [1.54, 1.807) is 0 Å². The lowest BCUT2D eigenvalue weighted by Crippen LogP contribution is -2.28. The van der Waals surface area contributed by atoms with Crippen molar-refractivity contribution in [3.8, 4) is 0 Å². The summed E-state index contributed by atoms with van der Waals surface area (Å²) in [5.41, 5.74) is 0.195. The zero-order chi connectivity index (χ0) is 14.0. The second-order valence-corrected chi connectivity index (χ2v) is 6.52. The van der Waals surface area contributed by atoms with Crippen LogP contribution in [0.2, 0.25) is 0 Å². The molecule has 0 bridgehead atoms. The normalized spacial score (nSPS) is 18.4. The van der Waals surface area contributed by atoms with Crippen molar-refractivity contribution in [3.05, 3.63) is 33.8 Å². The number of hydrogen-bond donors (Lipinski definition) is 1. The Labute approximate surface area is 121 Å². The number of rotatable bonds is 6. The topological polar surface area (TPSA) is 12.0 Å². The van der Waals surface area contributed by atoms with E-state index in [-0.39, 0.29) is 11.5 Å². The summed E-state index contributed by atoms with van der Waals surface area (Å²) >= 11 is 3.11. The van der Waals surface area contributed by atoms with Crippen LogP contribution < -0.4 is 5.32 Å². The fraction of sp³-hybridized carbons (Fsp3) is 0.600. The van der Waals surface area contributed by atoms with Crippen molar-refractivity contribution < 1.29 is 8.78 Å². The fourth-order valence-corrected chi connectivity index (χ4v) is 2.49.